The predicted molar refractivity (Wildman–Crippen MR) is 112 cm³/mol. The molecule has 1 heterocycles. The van der Waals surface area contributed by atoms with Gasteiger partial charge in [-0.2, -0.15) is 0 Å². The summed E-state index contributed by atoms with van der Waals surface area (Å²) in [5.41, 5.74) is 1.15. The van der Waals surface area contributed by atoms with E-state index in [1.54, 1.807) is 31.4 Å². The summed E-state index contributed by atoms with van der Waals surface area (Å²) in [6.45, 7) is 5.62. The van der Waals surface area contributed by atoms with Gasteiger partial charge in [0.2, 0.25) is 0 Å². The topological polar surface area (TPSA) is 72.9 Å². The molecule has 3 rings (SSSR count). The van der Waals surface area contributed by atoms with Gasteiger partial charge in [0, 0.05) is 6.54 Å². The first-order valence-electron chi connectivity index (χ1n) is 10.0. The van der Waals surface area contributed by atoms with Crippen molar-refractivity contribution in [1.82, 2.24) is 4.90 Å². The molecule has 6 heteroatoms. The molecule has 0 unspecified atom stereocenters. The zero-order chi connectivity index (χ0) is 21.9. The van der Waals surface area contributed by atoms with Crippen LogP contribution in [0.25, 0.3) is 0 Å². The lowest BCUT2D eigenvalue weighted by Crippen LogP contribution is -2.35. The van der Waals surface area contributed by atoms with E-state index < -0.39 is 11.5 Å². The van der Waals surface area contributed by atoms with Gasteiger partial charge >= 0.3 is 5.97 Å². The van der Waals surface area contributed by atoms with Crippen LogP contribution in [-0.2, 0) is 16.0 Å². The van der Waals surface area contributed by atoms with Crippen molar-refractivity contribution in [3.8, 4) is 5.75 Å². The molecule has 0 bridgehead atoms. The van der Waals surface area contributed by atoms with E-state index in [2.05, 4.69) is 0 Å². The Morgan fingerprint density at radius 1 is 0.967 bits per heavy atom. The zero-order valence-corrected chi connectivity index (χ0v) is 17.8. The molecule has 1 aliphatic heterocycles. The summed E-state index contributed by atoms with van der Waals surface area (Å²) in [6, 6.07) is 14.3. The number of carbonyl (C=O) groups excluding carboxylic acids is 3. The predicted octanol–water partition coefficient (Wildman–Crippen LogP) is 3.88. The van der Waals surface area contributed by atoms with Crippen LogP contribution in [0.4, 0.5) is 0 Å². The van der Waals surface area contributed by atoms with Crippen molar-refractivity contribution in [2.75, 3.05) is 13.7 Å². The van der Waals surface area contributed by atoms with Gasteiger partial charge in [-0.1, -0.05) is 24.3 Å². The molecule has 2 amide bonds. The van der Waals surface area contributed by atoms with E-state index >= 15 is 0 Å². The van der Waals surface area contributed by atoms with E-state index in [-0.39, 0.29) is 24.3 Å². The fourth-order valence-corrected chi connectivity index (χ4v) is 3.46. The second-order valence-electron chi connectivity index (χ2n) is 8.38. The Hall–Kier alpha value is -3.15. The number of nitrogens with zero attached hydrogens (tertiary/aromatic N) is 1. The summed E-state index contributed by atoms with van der Waals surface area (Å²) in [5, 5.41) is 0. The maximum atomic E-state index is 12.8. The Labute approximate surface area is 176 Å². The van der Waals surface area contributed by atoms with Crippen molar-refractivity contribution in [2.45, 2.75) is 39.2 Å². The van der Waals surface area contributed by atoms with Gasteiger partial charge in [-0.15, -0.1) is 0 Å². The average molecular weight is 409 g/mol. The number of imide groups is 1. The number of methoxy groups -OCH3 is 1. The van der Waals surface area contributed by atoms with Gasteiger partial charge in [-0.05, 0) is 63.4 Å². The van der Waals surface area contributed by atoms with Crippen LogP contribution in [0.5, 0.6) is 5.75 Å². The molecule has 0 saturated carbocycles. The fraction of sp³-hybridized carbons (Fsp3) is 0.375. The molecule has 30 heavy (non-hydrogen) atoms. The summed E-state index contributed by atoms with van der Waals surface area (Å²) in [5.74, 6) is -0.721. The number of fused-ring (bicyclic) bond motifs is 1. The third kappa shape index (κ3) is 4.87. The van der Waals surface area contributed by atoms with Crippen molar-refractivity contribution in [2.24, 2.45) is 5.92 Å². The van der Waals surface area contributed by atoms with Gasteiger partial charge in [0.15, 0.2) is 0 Å². The molecule has 0 spiro atoms. The Kier molecular flexibility index (Phi) is 6.25. The molecule has 0 saturated heterocycles. The van der Waals surface area contributed by atoms with Crippen LogP contribution >= 0.6 is 0 Å². The molecule has 158 valence electrons. The van der Waals surface area contributed by atoms with Gasteiger partial charge < -0.3 is 9.47 Å². The Morgan fingerprint density at radius 2 is 1.53 bits per heavy atom. The van der Waals surface area contributed by atoms with Crippen molar-refractivity contribution in [3.05, 3.63) is 65.2 Å². The van der Waals surface area contributed by atoms with E-state index in [0.29, 0.717) is 24.0 Å². The smallest absolute Gasteiger partial charge is 0.309 e. The number of carbonyl (C=O) groups is 3. The monoisotopic (exact) mass is 409 g/mol. The van der Waals surface area contributed by atoms with Gasteiger partial charge in [-0.3, -0.25) is 19.3 Å². The van der Waals surface area contributed by atoms with Crippen LogP contribution in [0.1, 0.15) is 53.5 Å². The molecule has 0 aliphatic carbocycles. The maximum Gasteiger partial charge on any atom is 0.309 e. The number of esters is 1. The quantitative estimate of drug-likeness (QED) is 0.513. The molecule has 0 N–H and O–H groups in total. The standard InChI is InChI=1S/C24H27NO5/c1-24(2,3)30-23(28)17(15-16-9-11-18(29-4)12-10-16)13-14-25-21(26)19-7-5-6-8-20(19)22(25)27/h5-12,17H,13-15H2,1-4H3/t17-/m1/s1. The largest absolute Gasteiger partial charge is 0.497 e. The lowest BCUT2D eigenvalue weighted by molar-refractivity contribution is -0.160. The summed E-state index contributed by atoms with van der Waals surface area (Å²) >= 11 is 0. The van der Waals surface area contributed by atoms with Crippen LogP contribution in [0.3, 0.4) is 0 Å². The Balaban J connectivity index is 1.74. The minimum absolute atomic E-state index is 0.159. The number of ether oxygens (including phenoxy) is 2. The van der Waals surface area contributed by atoms with Crippen LogP contribution in [0.15, 0.2) is 48.5 Å². The van der Waals surface area contributed by atoms with E-state index in [1.165, 1.54) is 4.90 Å². The van der Waals surface area contributed by atoms with Crippen LogP contribution in [0.2, 0.25) is 0 Å². The number of hydrogen-bond donors (Lipinski definition) is 0. The second-order valence-corrected chi connectivity index (χ2v) is 8.38. The highest BCUT2D eigenvalue weighted by Crippen LogP contribution is 2.25. The van der Waals surface area contributed by atoms with Gasteiger partial charge in [0.05, 0.1) is 24.2 Å². The molecule has 0 aromatic heterocycles. The Morgan fingerprint density at radius 3 is 2.03 bits per heavy atom. The second kappa shape index (κ2) is 8.69. The third-order valence-corrected chi connectivity index (χ3v) is 4.96. The number of amides is 2. The number of benzene rings is 2. The molecule has 2 aromatic carbocycles. The molecular weight excluding hydrogens is 382 g/mol. The van der Waals surface area contributed by atoms with Crippen LogP contribution in [-0.4, -0.2) is 41.9 Å². The van der Waals surface area contributed by atoms with Crippen LogP contribution < -0.4 is 4.74 Å². The van der Waals surface area contributed by atoms with Gasteiger partial charge in [-0.25, -0.2) is 0 Å². The van der Waals surface area contributed by atoms with Crippen molar-refractivity contribution >= 4 is 17.8 Å². The normalized spacial score (nSPS) is 14.5. The lowest BCUT2D eigenvalue weighted by Gasteiger charge is -2.25. The lowest BCUT2D eigenvalue weighted by atomic mass is 9.95. The van der Waals surface area contributed by atoms with Crippen molar-refractivity contribution < 1.29 is 23.9 Å². The maximum absolute atomic E-state index is 12.8. The molecule has 0 fully saturated rings. The van der Waals surface area contributed by atoms with E-state index in [9.17, 15) is 14.4 Å². The number of hydrogen-bond acceptors (Lipinski definition) is 5. The molecule has 1 aliphatic rings. The fourth-order valence-electron chi connectivity index (χ4n) is 3.46. The first-order chi connectivity index (χ1) is 14.2. The highest BCUT2D eigenvalue weighted by molar-refractivity contribution is 6.21. The molecular formula is C24H27NO5. The third-order valence-electron chi connectivity index (χ3n) is 4.96. The highest BCUT2D eigenvalue weighted by Gasteiger charge is 2.36. The van der Waals surface area contributed by atoms with E-state index in [0.717, 1.165) is 11.3 Å². The van der Waals surface area contributed by atoms with Crippen LogP contribution in [0, 0.1) is 5.92 Å². The first-order valence-corrected chi connectivity index (χ1v) is 10.0. The SMILES string of the molecule is COc1ccc(C[C@@H](CCN2C(=O)c3ccccc3C2=O)C(=O)OC(C)(C)C)cc1. The molecule has 6 nitrogen and oxygen atoms in total. The Bertz CT molecular complexity index is 908. The molecule has 1 atom stereocenters. The van der Waals surface area contributed by atoms with Crippen molar-refractivity contribution in [3.63, 3.8) is 0 Å². The van der Waals surface area contributed by atoms with Gasteiger partial charge in [0.1, 0.15) is 11.4 Å². The molecule has 2 aromatic rings. The summed E-state index contributed by atoms with van der Waals surface area (Å²) in [4.78, 5) is 39.3. The first kappa shape index (κ1) is 21.6. The zero-order valence-electron chi connectivity index (χ0n) is 17.8. The molecule has 0 radical (unpaired) electrons. The van der Waals surface area contributed by atoms with Crippen molar-refractivity contribution in [1.29, 1.82) is 0 Å². The highest BCUT2D eigenvalue weighted by atomic mass is 16.6. The van der Waals surface area contributed by atoms with E-state index in [1.807, 2.05) is 45.0 Å². The summed E-state index contributed by atoms with van der Waals surface area (Å²) in [7, 11) is 1.60. The average Bonchev–Trinajstić information content (AvgIpc) is 2.95. The van der Waals surface area contributed by atoms with E-state index in [4.69, 9.17) is 9.47 Å². The minimum Gasteiger partial charge on any atom is -0.497 e. The van der Waals surface area contributed by atoms with Gasteiger partial charge in [0.25, 0.3) is 11.8 Å². The minimum atomic E-state index is -0.620. The number of rotatable bonds is 7. The summed E-state index contributed by atoms with van der Waals surface area (Å²) in [6.07, 6.45) is 0.772. The summed E-state index contributed by atoms with van der Waals surface area (Å²) < 4.78 is 10.8.